The van der Waals surface area contributed by atoms with Gasteiger partial charge in [0.25, 0.3) is 11.8 Å². The largest absolute Gasteiger partial charge is 0.322 e. The van der Waals surface area contributed by atoms with Crippen molar-refractivity contribution >= 4 is 44.5 Å². The summed E-state index contributed by atoms with van der Waals surface area (Å²) >= 11 is 1.36. The summed E-state index contributed by atoms with van der Waals surface area (Å²) in [4.78, 5) is 25.5. The molecule has 0 aliphatic carbocycles. The fraction of sp³-hybridized carbons (Fsp3) is 0.182. The summed E-state index contributed by atoms with van der Waals surface area (Å²) in [5.41, 5.74) is 1.40. The number of hydrogen-bond donors (Lipinski definition) is 2. The van der Waals surface area contributed by atoms with Gasteiger partial charge in [-0.3, -0.25) is 9.59 Å². The summed E-state index contributed by atoms with van der Waals surface area (Å²) in [5, 5.41) is 7.38. The molecule has 0 saturated carbocycles. The number of rotatable bonds is 6. The first-order chi connectivity index (χ1) is 14.9. The molecule has 2 aromatic carbocycles. The molecule has 1 aliphatic rings. The van der Waals surface area contributed by atoms with E-state index in [-0.39, 0.29) is 16.4 Å². The van der Waals surface area contributed by atoms with E-state index in [1.54, 1.807) is 42.5 Å². The number of hydrogen-bond acceptors (Lipinski definition) is 5. The number of anilines is 2. The summed E-state index contributed by atoms with van der Waals surface area (Å²) in [6, 6.07) is 16.3. The van der Waals surface area contributed by atoms with Gasteiger partial charge in [-0.25, -0.2) is 8.42 Å². The van der Waals surface area contributed by atoms with Gasteiger partial charge < -0.3 is 10.6 Å². The molecule has 0 radical (unpaired) electrons. The smallest absolute Gasteiger partial charge is 0.265 e. The Hall–Kier alpha value is -3.01. The number of nitrogens with zero attached hydrogens (tertiary/aromatic N) is 1. The molecule has 3 aromatic rings. The molecule has 1 saturated heterocycles. The third kappa shape index (κ3) is 4.84. The molecule has 0 unspecified atom stereocenters. The topological polar surface area (TPSA) is 95.6 Å². The van der Waals surface area contributed by atoms with Gasteiger partial charge in [0.05, 0.1) is 9.77 Å². The third-order valence-corrected chi connectivity index (χ3v) is 7.71. The van der Waals surface area contributed by atoms with E-state index in [9.17, 15) is 18.0 Å². The van der Waals surface area contributed by atoms with Gasteiger partial charge in [-0.1, -0.05) is 12.1 Å². The van der Waals surface area contributed by atoms with Crippen molar-refractivity contribution < 1.29 is 18.0 Å². The Labute approximate surface area is 184 Å². The molecule has 0 bridgehead atoms. The van der Waals surface area contributed by atoms with Crippen LogP contribution in [0.3, 0.4) is 0 Å². The number of sulfonamides is 1. The zero-order valence-electron chi connectivity index (χ0n) is 16.6. The maximum atomic E-state index is 12.7. The minimum Gasteiger partial charge on any atom is -0.322 e. The molecule has 160 valence electrons. The van der Waals surface area contributed by atoms with Crippen molar-refractivity contribution in [2.45, 2.75) is 17.7 Å². The molecule has 9 heteroatoms. The van der Waals surface area contributed by atoms with Crippen LogP contribution >= 0.6 is 11.3 Å². The van der Waals surface area contributed by atoms with Crippen LogP contribution in [0, 0.1) is 0 Å². The van der Waals surface area contributed by atoms with Crippen LogP contribution in [0.5, 0.6) is 0 Å². The van der Waals surface area contributed by atoms with Crippen molar-refractivity contribution in [3.63, 3.8) is 0 Å². The van der Waals surface area contributed by atoms with Crippen LogP contribution < -0.4 is 10.6 Å². The molecule has 1 aliphatic heterocycles. The molecule has 31 heavy (non-hydrogen) atoms. The number of thiophene rings is 1. The fourth-order valence-electron chi connectivity index (χ4n) is 3.32. The van der Waals surface area contributed by atoms with E-state index < -0.39 is 15.9 Å². The molecule has 2 heterocycles. The van der Waals surface area contributed by atoms with Crippen LogP contribution in [0.1, 0.15) is 32.9 Å². The zero-order valence-corrected chi connectivity index (χ0v) is 18.2. The normalized spacial score (nSPS) is 14.3. The number of nitrogens with one attached hydrogen (secondary N) is 2. The second-order valence-corrected chi connectivity index (χ2v) is 9.99. The van der Waals surface area contributed by atoms with E-state index in [0.29, 0.717) is 29.3 Å². The molecule has 7 nitrogen and oxygen atoms in total. The van der Waals surface area contributed by atoms with E-state index in [1.807, 2.05) is 11.4 Å². The van der Waals surface area contributed by atoms with Gasteiger partial charge in [-0.05, 0) is 66.8 Å². The summed E-state index contributed by atoms with van der Waals surface area (Å²) < 4.78 is 26.9. The van der Waals surface area contributed by atoms with E-state index in [0.717, 1.165) is 12.8 Å². The summed E-state index contributed by atoms with van der Waals surface area (Å²) in [7, 11) is -3.59. The summed E-state index contributed by atoms with van der Waals surface area (Å²) in [5.74, 6) is -0.600. The third-order valence-electron chi connectivity index (χ3n) is 4.94. The van der Waals surface area contributed by atoms with E-state index in [1.165, 1.54) is 27.8 Å². The Morgan fingerprint density at radius 2 is 1.48 bits per heavy atom. The van der Waals surface area contributed by atoms with Crippen molar-refractivity contribution in [1.82, 2.24) is 4.31 Å². The monoisotopic (exact) mass is 455 g/mol. The number of carbonyl (C=O) groups is 2. The first kappa shape index (κ1) is 21.2. The molecule has 1 aromatic heterocycles. The Kier molecular flexibility index (Phi) is 6.17. The Bertz CT molecular complexity index is 1180. The number of benzene rings is 2. The van der Waals surface area contributed by atoms with Gasteiger partial charge in [-0.2, -0.15) is 4.31 Å². The molecule has 1 fully saturated rings. The predicted octanol–water partition coefficient (Wildman–Crippen LogP) is 4.04. The SMILES string of the molecule is O=C(Nc1ccc(NC(=O)c2cccs2)cc1)c1cccc(S(=O)(=O)N2CCCC2)c1. The second-order valence-electron chi connectivity index (χ2n) is 7.10. The van der Waals surface area contributed by atoms with Crippen LogP contribution in [0.25, 0.3) is 0 Å². The lowest BCUT2D eigenvalue weighted by atomic mass is 10.2. The van der Waals surface area contributed by atoms with Crippen molar-refractivity contribution in [3.8, 4) is 0 Å². The second kappa shape index (κ2) is 9.01. The number of carbonyl (C=O) groups excluding carboxylic acids is 2. The highest BCUT2D eigenvalue weighted by molar-refractivity contribution is 7.89. The molecule has 0 atom stereocenters. The Morgan fingerprint density at radius 1 is 0.839 bits per heavy atom. The molecular formula is C22H21N3O4S2. The Morgan fingerprint density at radius 3 is 2.10 bits per heavy atom. The first-order valence-corrected chi connectivity index (χ1v) is 12.1. The van der Waals surface area contributed by atoms with Crippen molar-refractivity contribution in [2.24, 2.45) is 0 Å². The molecular weight excluding hydrogens is 434 g/mol. The molecule has 0 spiro atoms. The van der Waals surface area contributed by atoms with E-state index in [2.05, 4.69) is 10.6 Å². The van der Waals surface area contributed by atoms with Crippen LogP contribution in [-0.2, 0) is 10.0 Å². The standard InChI is InChI=1S/C22H21N3O4S2/c26-21(16-5-3-6-19(15-16)31(28,29)25-12-1-2-13-25)23-17-8-10-18(11-9-17)24-22(27)20-7-4-14-30-20/h3-11,14-15H,1-2,12-13H2,(H,23,26)(H,24,27). The number of amides is 2. The fourth-order valence-corrected chi connectivity index (χ4v) is 5.50. The first-order valence-electron chi connectivity index (χ1n) is 9.80. The lowest BCUT2D eigenvalue weighted by Crippen LogP contribution is -2.28. The lowest BCUT2D eigenvalue weighted by Gasteiger charge is -2.16. The van der Waals surface area contributed by atoms with Gasteiger partial charge in [0.2, 0.25) is 10.0 Å². The average Bonchev–Trinajstić information content (AvgIpc) is 3.50. The maximum Gasteiger partial charge on any atom is 0.265 e. The molecule has 4 rings (SSSR count). The van der Waals surface area contributed by atoms with Crippen LogP contribution in [-0.4, -0.2) is 37.6 Å². The highest BCUT2D eigenvalue weighted by Gasteiger charge is 2.27. The van der Waals surface area contributed by atoms with Gasteiger partial charge in [0.1, 0.15) is 0 Å². The highest BCUT2D eigenvalue weighted by Crippen LogP contribution is 2.22. The van der Waals surface area contributed by atoms with Crippen molar-refractivity contribution in [2.75, 3.05) is 23.7 Å². The summed E-state index contributed by atoms with van der Waals surface area (Å²) in [6.07, 6.45) is 1.70. The van der Waals surface area contributed by atoms with Gasteiger partial charge in [0, 0.05) is 30.0 Å². The minimum atomic E-state index is -3.59. The van der Waals surface area contributed by atoms with Crippen LogP contribution in [0.15, 0.2) is 70.9 Å². The highest BCUT2D eigenvalue weighted by atomic mass is 32.2. The molecule has 2 N–H and O–H groups in total. The van der Waals surface area contributed by atoms with Crippen LogP contribution in [0.2, 0.25) is 0 Å². The van der Waals surface area contributed by atoms with Crippen LogP contribution in [0.4, 0.5) is 11.4 Å². The van der Waals surface area contributed by atoms with E-state index >= 15 is 0 Å². The van der Waals surface area contributed by atoms with Crippen molar-refractivity contribution in [1.29, 1.82) is 0 Å². The maximum absolute atomic E-state index is 12.7. The minimum absolute atomic E-state index is 0.119. The van der Waals surface area contributed by atoms with Crippen molar-refractivity contribution in [3.05, 3.63) is 76.5 Å². The lowest BCUT2D eigenvalue weighted by molar-refractivity contribution is 0.102. The zero-order chi connectivity index (χ0) is 21.8. The van der Waals surface area contributed by atoms with E-state index in [4.69, 9.17) is 0 Å². The van der Waals surface area contributed by atoms with Gasteiger partial charge >= 0.3 is 0 Å². The van der Waals surface area contributed by atoms with Gasteiger partial charge in [0.15, 0.2) is 0 Å². The quantitative estimate of drug-likeness (QED) is 0.586. The average molecular weight is 456 g/mol. The summed E-state index contributed by atoms with van der Waals surface area (Å²) in [6.45, 7) is 1.02. The molecule has 2 amide bonds. The van der Waals surface area contributed by atoms with Gasteiger partial charge in [-0.15, -0.1) is 11.3 Å². The Balaban J connectivity index is 1.43. The predicted molar refractivity (Wildman–Crippen MR) is 121 cm³/mol.